The first-order valence-corrected chi connectivity index (χ1v) is 6.88. The number of rotatable bonds is 5. The van der Waals surface area contributed by atoms with E-state index in [0.717, 1.165) is 18.8 Å². The quantitative estimate of drug-likeness (QED) is 0.847. The monoisotopic (exact) mass is 295 g/mol. The highest BCUT2D eigenvalue weighted by Crippen LogP contribution is 2.34. The number of ether oxygens (including phenoxy) is 1. The molecule has 0 heterocycles. The molecule has 0 saturated carbocycles. The Morgan fingerprint density at radius 3 is 2.47 bits per heavy atom. The fraction of sp³-hybridized carbons (Fsp3) is 0.200. The number of benzene rings is 2. The van der Waals surface area contributed by atoms with Crippen LogP contribution in [-0.4, -0.2) is 6.54 Å². The molecule has 0 saturated heterocycles. The number of hydrogen-bond acceptors (Lipinski definition) is 2. The van der Waals surface area contributed by atoms with Crippen molar-refractivity contribution in [1.82, 2.24) is 5.32 Å². The zero-order valence-electron chi connectivity index (χ0n) is 10.6. The Morgan fingerprint density at radius 2 is 1.79 bits per heavy atom. The highest BCUT2D eigenvalue weighted by atomic mass is 35.5. The lowest BCUT2D eigenvalue weighted by Crippen LogP contribution is -2.11. The second-order valence-corrected chi connectivity index (χ2v) is 4.86. The van der Waals surface area contributed by atoms with Gasteiger partial charge in [0.05, 0.1) is 5.02 Å². The molecule has 0 radical (unpaired) electrons. The number of nitrogens with one attached hydrogen (secondary N) is 1. The predicted octanol–water partition coefficient (Wildman–Crippen LogP) is 4.90. The molecular weight excluding hydrogens is 281 g/mol. The standard InChI is InChI=1S/C15H15Cl2NO/c1-2-18-10-11-6-8-12(9-7-11)19-14-5-3-4-13(16)15(14)17/h3-9,18H,2,10H2,1H3. The van der Waals surface area contributed by atoms with Crippen molar-refractivity contribution in [2.24, 2.45) is 0 Å². The molecule has 0 amide bonds. The van der Waals surface area contributed by atoms with Crippen LogP contribution in [-0.2, 0) is 6.54 Å². The fourth-order valence-electron chi connectivity index (χ4n) is 1.63. The van der Waals surface area contributed by atoms with Gasteiger partial charge in [-0.05, 0) is 36.4 Å². The van der Waals surface area contributed by atoms with Crippen molar-refractivity contribution in [3.8, 4) is 11.5 Å². The molecule has 0 fully saturated rings. The molecule has 1 N–H and O–H groups in total. The van der Waals surface area contributed by atoms with Gasteiger partial charge in [-0.2, -0.15) is 0 Å². The minimum absolute atomic E-state index is 0.431. The van der Waals surface area contributed by atoms with Crippen LogP contribution in [0.4, 0.5) is 0 Å². The molecule has 0 aliphatic carbocycles. The molecule has 2 aromatic carbocycles. The number of hydrogen-bond donors (Lipinski definition) is 1. The third-order valence-corrected chi connectivity index (χ3v) is 3.45. The SMILES string of the molecule is CCNCc1ccc(Oc2cccc(Cl)c2Cl)cc1. The van der Waals surface area contributed by atoms with E-state index >= 15 is 0 Å². The summed E-state index contributed by atoms with van der Waals surface area (Å²) < 4.78 is 5.71. The minimum atomic E-state index is 0.431. The second-order valence-electron chi connectivity index (χ2n) is 4.08. The van der Waals surface area contributed by atoms with Gasteiger partial charge in [0.1, 0.15) is 16.5 Å². The van der Waals surface area contributed by atoms with E-state index < -0.39 is 0 Å². The van der Waals surface area contributed by atoms with Crippen LogP contribution in [0, 0.1) is 0 Å². The third kappa shape index (κ3) is 3.87. The van der Waals surface area contributed by atoms with Gasteiger partial charge in [0.2, 0.25) is 0 Å². The number of halogens is 2. The van der Waals surface area contributed by atoms with Gasteiger partial charge in [-0.25, -0.2) is 0 Å². The summed E-state index contributed by atoms with van der Waals surface area (Å²) in [6.45, 7) is 3.89. The first kappa shape index (κ1) is 14.2. The van der Waals surface area contributed by atoms with E-state index in [1.54, 1.807) is 12.1 Å². The van der Waals surface area contributed by atoms with Crippen LogP contribution in [0.5, 0.6) is 11.5 Å². The molecule has 2 aromatic rings. The topological polar surface area (TPSA) is 21.3 Å². The summed E-state index contributed by atoms with van der Waals surface area (Å²) in [6.07, 6.45) is 0. The van der Waals surface area contributed by atoms with Crippen molar-refractivity contribution >= 4 is 23.2 Å². The Labute approximate surface area is 123 Å². The largest absolute Gasteiger partial charge is 0.456 e. The zero-order valence-corrected chi connectivity index (χ0v) is 12.1. The van der Waals surface area contributed by atoms with Crippen LogP contribution in [0.25, 0.3) is 0 Å². The van der Waals surface area contributed by atoms with Gasteiger partial charge >= 0.3 is 0 Å². The Balaban J connectivity index is 2.09. The van der Waals surface area contributed by atoms with Crippen molar-refractivity contribution in [1.29, 1.82) is 0 Å². The minimum Gasteiger partial charge on any atom is -0.456 e. The third-order valence-electron chi connectivity index (χ3n) is 2.65. The molecule has 100 valence electrons. The molecule has 0 atom stereocenters. The maximum Gasteiger partial charge on any atom is 0.147 e. The van der Waals surface area contributed by atoms with E-state index in [0.29, 0.717) is 15.8 Å². The molecule has 4 heteroatoms. The summed E-state index contributed by atoms with van der Waals surface area (Å²) >= 11 is 12.0. The summed E-state index contributed by atoms with van der Waals surface area (Å²) in [5, 5.41) is 4.19. The molecule has 2 nitrogen and oxygen atoms in total. The normalized spacial score (nSPS) is 10.5. The summed E-state index contributed by atoms with van der Waals surface area (Å²) in [5.74, 6) is 1.30. The van der Waals surface area contributed by atoms with Gasteiger partial charge in [0.15, 0.2) is 0 Å². The van der Waals surface area contributed by atoms with Gasteiger partial charge in [-0.15, -0.1) is 0 Å². The molecule has 0 unspecified atom stereocenters. The maximum absolute atomic E-state index is 6.08. The van der Waals surface area contributed by atoms with Crippen molar-refractivity contribution in [2.75, 3.05) is 6.54 Å². The molecule has 0 spiro atoms. The lowest BCUT2D eigenvalue weighted by molar-refractivity contribution is 0.482. The van der Waals surface area contributed by atoms with Gasteiger partial charge in [0, 0.05) is 6.54 Å². The molecule has 0 aromatic heterocycles. The lowest BCUT2D eigenvalue weighted by Gasteiger charge is -2.09. The highest BCUT2D eigenvalue weighted by Gasteiger charge is 2.06. The van der Waals surface area contributed by atoms with Crippen LogP contribution < -0.4 is 10.1 Å². The van der Waals surface area contributed by atoms with Gasteiger partial charge in [-0.3, -0.25) is 0 Å². The van der Waals surface area contributed by atoms with Crippen LogP contribution in [0.1, 0.15) is 12.5 Å². The Hall–Kier alpha value is -1.22. The Morgan fingerprint density at radius 1 is 1.05 bits per heavy atom. The molecule has 2 rings (SSSR count). The summed E-state index contributed by atoms with van der Waals surface area (Å²) in [6, 6.07) is 13.2. The van der Waals surface area contributed by atoms with E-state index in [-0.39, 0.29) is 0 Å². The molecule has 0 aliphatic rings. The van der Waals surface area contributed by atoms with Crippen LogP contribution in [0.15, 0.2) is 42.5 Å². The van der Waals surface area contributed by atoms with E-state index in [4.69, 9.17) is 27.9 Å². The molecule has 19 heavy (non-hydrogen) atoms. The average Bonchev–Trinajstić information content (AvgIpc) is 2.43. The van der Waals surface area contributed by atoms with Gasteiger partial charge in [0.25, 0.3) is 0 Å². The van der Waals surface area contributed by atoms with E-state index in [1.807, 2.05) is 30.3 Å². The van der Waals surface area contributed by atoms with Crippen molar-refractivity contribution in [3.05, 3.63) is 58.1 Å². The van der Waals surface area contributed by atoms with E-state index in [9.17, 15) is 0 Å². The molecular formula is C15H15Cl2NO. The van der Waals surface area contributed by atoms with Crippen molar-refractivity contribution in [2.45, 2.75) is 13.5 Å². The first-order chi connectivity index (χ1) is 9.20. The Bertz CT molecular complexity index is 540. The van der Waals surface area contributed by atoms with Crippen LogP contribution >= 0.6 is 23.2 Å². The summed E-state index contributed by atoms with van der Waals surface area (Å²) in [5.41, 5.74) is 1.21. The fourth-order valence-corrected chi connectivity index (χ4v) is 1.96. The average molecular weight is 296 g/mol. The van der Waals surface area contributed by atoms with E-state index in [2.05, 4.69) is 12.2 Å². The van der Waals surface area contributed by atoms with Crippen molar-refractivity contribution < 1.29 is 4.74 Å². The summed E-state index contributed by atoms with van der Waals surface area (Å²) in [7, 11) is 0. The Kier molecular flexibility index (Phi) is 5.08. The summed E-state index contributed by atoms with van der Waals surface area (Å²) in [4.78, 5) is 0. The lowest BCUT2D eigenvalue weighted by atomic mass is 10.2. The van der Waals surface area contributed by atoms with E-state index in [1.165, 1.54) is 5.56 Å². The second kappa shape index (κ2) is 6.80. The van der Waals surface area contributed by atoms with Crippen LogP contribution in [0.3, 0.4) is 0 Å². The van der Waals surface area contributed by atoms with Crippen molar-refractivity contribution in [3.63, 3.8) is 0 Å². The predicted molar refractivity (Wildman–Crippen MR) is 80.4 cm³/mol. The van der Waals surface area contributed by atoms with Gasteiger partial charge in [-0.1, -0.05) is 48.3 Å². The zero-order chi connectivity index (χ0) is 13.7. The van der Waals surface area contributed by atoms with Gasteiger partial charge < -0.3 is 10.1 Å². The van der Waals surface area contributed by atoms with Crippen LogP contribution in [0.2, 0.25) is 10.0 Å². The first-order valence-electron chi connectivity index (χ1n) is 6.12. The maximum atomic E-state index is 6.08. The highest BCUT2D eigenvalue weighted by molar-refractivity contribution is 6.42. The molecule has 0 bridgehead atoms. The molecule has 0 aliphatic heterocycles. The smallest absolute Gasteiger partial charge is 0.147 e.